The van der Waals surface area contributed by atoms with Crippen LogP contribution < -0.4 is 5.32 Å². The minimum absolute atomic E-state index is 0.138. The van der Waals surface area contributed by atoms with Crippen molar-refractivity contribution in [3.63, 3.8) is 0 Å². The first-order valence-corrected chi connectivity index (χ1v) is 19.5. The number of fused-ring (bicyclic) bond motifs is 1. The van der Waals surface area contributed by atoms with Gasteiger partial charge in [0.25, 0.3) is 0 Å². The summed E-state index contributed by atoms with van der Waals surface area (Å²) in [7, 11) is 5.58. The van der Waals surface area contributed by atoms with Gasteiger partial charge in [-0.15, -0.1) is 0 Å². The molecule has 1 aromatic carbocycles. The molecule has 0 bridgehead atoms. The molecule has 0 saturated carbocycles. The van der Waals surface area contributed by atoms with Crippen LogP contribution in [0.4, 0.5) is 19.7 Å². The molecule has 3 aliphatic rings. The van der Waals surface area contributed by atoms with E-state index in [-0.39, 0.29) is 36.6 Å². The second-order valence-corrected chi connectivity index (χ2v) is 16.6. The number of ether oxygens (including phenoxy) is 7. The molecular formula is C40H62FN3O12. The number of benzene rings is 1. The largest absolute Gasteiger partial charge is 0.509 e. The number of halogens is 1. The van der Waals surface area contributed by atoms with Crippen molar-refractivity contribution in [1.82, 2.24) is 9.80 Å². The molecule has 316 valence electrons. The number of nitrogens with one attached hydrogen (secondary N) is 1. The van der Waals surface area contributed by atoms with Crippen LogP contribution in [0.3, 0.4) is 0 Å². The third-order valence-corrected chi connectivity index (χ3v) is 11.5. The van der Waals surface area contributed by atoms with E-state index in [2.05, 4.69) is 5.32 Å². The maximum Gasteiger partial charge on any atom is 0.509 e. The van der Waals surface area contributed by atoms with Crippen LogP contribution in [0, 0.1) is 23.6 Å². The van der Waals surface area contributed by atoms with Gasteiger partial charge >= 0.3 is 24.2 Å². The predicted octanol–water partition coefficient (Wildman–Crippen LogP) is 5.12. The molecule has 2 N–H and O–H groups in total. The molecule has 3 saturated heterocycles. The fraction of sp³-hybridized carbons (Fsp3) is 0.750. The Hall–Kier alpha value is -3.57. The highest BCUT2D eigenvalue weighted by atomic mass is 19.1. The van der Waals surface area contributed by atoms with Gasteiger partial charge in [0.05, 0.1) is 35.5 Å². The van der Waals surface area contributed by atoms with Gasteiger partial charge in [-0.25, -0.2) is 14.0 Å². The van der Waals surface area contributed by atoms with Gasteiger partial charge in [-0.2, -0.15) is 0 Å². The lowest BCUT2D eigenvalue weighted by Gasteiger charge is -2.47. The lowest BCUT2D eigenvalue weighted by molar-refractivity contribution is -0.301. The van der Waals surface area contributed by atoms with E-state index in [1.54, 1.807) is 27.7 Å². The van der Waals surface area contributed by atoms with Crippen molar-refractivity contribution in [1.29, 1.82) is 0 Å². The van der Waals surface area contributed by atoms with Crippen LogP contribution in [0.2, 0.25) is 0 Å². The Kier molecular flexibility index (Phi) is 14.8. The number of hydrogen-bond donors (Lipinski definition) is 2. The average Bonchev–Trinajstić information content (AvgIpc) is 3.42. The quantitative estimate of drug-likeness (QED) is 0.275. The smallest absolute Gasteiger partial charge is 0.458 e. The zero-order chi connectivity index (χ0) is 41.9. The lowest BCUT2D eigenvalue weighted by atomic mass is 9.77. The standard InChI is InChI=1S/C40H62FN3O12/c1-13-30-40(9)34(55-38(48)56-40)25(6)44(12)20-21(2)19-39(8,49)33(54-36-32(51-26(7)45)29(43(10)11)18-22(3)50-36)23(4)31(24(5)35(46)52-30)53-37(47)42-28-17-15-14-16-27(28)41/h14-17,21-25,29-34,36,49H,13,18-20H2,1-12H3,(H,42,47)/t21-,22-,23+,24-,25-,29+,30-,31+,32-,33-,34-,36+,39-,40-/m1/s1. The van der Waals surface area contributed by atoms with E-state index in [1.807, 2.05) is 51.7 Å². The highest BCUT2D eigenvalue weighted by molar-refractivity contribution is 5.85. The minimum atomic E-state index is -1.70. The van der Waals surface area contributed by atoms with Gasteiger partial charge in [0.2, 0.25) is 0 Å². The van der Waals surface area contributed by atoms with Gasteiger partial charge in [0, 0.05) is 25.4 Å². The molecule has 0 radical (unpaired) electrons. The Labute approximate surface area is 329 Å². The number of rotatable bonds is 7. The summed E-state index contributed by atoms with van der Waals surface area (Å²) in [5, 5.41) is 15.0. The number of likely N-dealkylation sites (N-methyl/N-ethyl adjacent to an activating group) is 2. The lowest BCUT2D eigenvalue weighted by Crippen LogP contribution is -2.60. The summed E-state index contributed by atoms with van der Waals surface area (Å²) in [6, 6.07) is 4.80. The highest BCUT2D eigenvalue weighted by Crippen LogP contribution is 2.40. The van der Waals surface area contributed by atoms with Crippen LogP contribution >= 0.6 is 0 Å². The van der Waals surface area contributed by atoms with Crippen LogP contribution in [0.1, 0.15) is 81.6 Å². The molecule has 4 rings (SSSR count). The maximum absolute atomic E-state index is 14.7. The second-order valence-electron chi connectivity index (χ2n) is 16.6. The van der Waals surface area contributed by atoms with E-state index in [0.29, 0.717) is 13.0 Å². The number of nitrogens with zero attached hydrogens (tertiary/aromatic N) is 2. The van der Waals surface area contributed by atoms with Gasteiger partial charge in [-0.3, -0.25) is 19.8 Å². The Morgan fingerprint density at radius 2 is 1.71 bits per heavy atom. The number of anilines is 1. The number of cyclic esters (lactones) is 1. The second kappa shape index (κ2) is 18.3. The molecule has 1 aromatic rings. The summed E-state index contributed by atoms with van der Waals surface area (Å²) >= 11 is 0. The molecule has 0 unspecified atom stereocenters. The van der Waals surface area contributed by atoms with Crippen LogP contribution in [-0.4, -0.2) is 133 Å². The first-order chi connectivity index (χ1) is 26.1. The van der Waals surface area contributed by atoms with Gasteiger partial charge in [-0.05, 0) is 93.1 Å². The van der Waals surface area contributed by atoms with Crippen molar-refractivity contribution < 1.29 is 61.8 Å². The van der Waals surface area contributed by atoms with Crippen molar-refractivity contribution in [2.24, 2.45) is 17.8 Å². The molecule has 1 amide bonds. The van der Waals surface area contributed by atoms with Crippen molar-refractivity contribution in [3.8, 4) is 0 Å². The summed E-state index contributed by atoms with van der Waals surface area (Å²) in [4.78, 5) is 56.9. The first-order valence-electron chi connectivity index (χ1n) is 19.5. The molecule has 16 heteroatoms. The minimum Gasteiger partial charge on any atom is -0.458 e. The Morgan fingerprint density at radius 3 is 2.32 bits per heavy atom. The summed E-state index contributed by atoms with van der Waals surface area (Å²) in [6.45, 7) is 15.6. The van der Waals surface area contributed by atoms with Crippen molar-refractivity contribution in [2.75, 3.05) is 33.0 Å². The number of amides is 1. The molecular weight excluding hydrogens is 733 g/mol. The first kappa shape index (κ1) is 45.1. The van der Waals surface area contributed by atoms with E-state index in [9.17, 15) is 28.7 Å². The van der Waals surface area contributed by atoms with Crippen molar-refractivity contribution in [2.45, 2.75) is 148 Å². The van der Waals surface area contributed by atoms with Crippen LogP contribution in [0.5, 0.6) is 0 Å². The summed E-state index contributed by atoms with van der Waals surface area (Å²) in [5.74, 6) is -4.48. The molecule has 3 aliphatic heterocycles. The molecule has 3 fully saturated rings. The van der Waals surface area contributed by atoms with E-state index in [4.69, 9.17) is 33.2 Å². The molecule has 14 atom stereocenters. The number of carbonyl (C=O) groups is 4. The van der Waals surface area contributed by atoms with Crippen molar-refractivity contribution in [3.05, 3.63) is 30.1 Å². The Morgan fingerprint density at radius 1 is 1.05 bits per heavy atom. The fourth-order valence-corrected chi connectivity index (χ4v) is 8.67. The molecule has 0 spiro atoms. The zero-order valence-electron chi connectivity index (χ0n) is 34.8. The zero-order valence-corrected chi connectivity index (χ0v) is 34.8. The number of hydrogen-bond acceptors (Lipinski definition) is 14. The molecule has 56 heavy (non-hydrogen) atoms. The summed E-state index contributed by atoms with van der Waals surface area (Å²) in [6.07, 6.45) is -7.91. The van der Waals surface area contributed by atoms with E-state index in [0.717, 1.165) is 0 Å². The van der Waals surface area contributed by atoms with Gasteiger partial charge < -0.3 is 43.2 Å². The van der Waals surface area contributed by atoms with Crippen molar-refractivity contribution >= 4 is 29.9 Å². The van der Waals surface area contributed by atoms with Gasteiger partial charge in [-0.1, -0.05) is 32.9 Å². The molecule has 15 nitrogen and oxygen atoms in total. The van der Waals surface area contributed by atoms with Gasteiger partial charge in [0.15, 0.2) is 24.1 Å². The van der Waals surface area contributed by atoms with E-state index in [1.165, 1.54) is 38.1 Å². The number of carbonyl (C=O) groups excluding carboxylic acids is 4. The summed E-state index contributed by atoms with van der Waals surface area (Å²) < 4.78 is 57.2. The fourth-order valence-electron chi connectivity index (χ4n) is 8.67. The summed E-state index contributed by atoms with van der Waals surface area (Å²) in [5.41, 5.74) is -3.23. The normalized spacial score (nSPS) is 38.9. The number of para-hydroxylation sites is 1. The maximum atomic E-state index is 14.7. The van der Waals surface area contributed by atoms with Crippen LogP contribution in [0.15, 0.2) is 24.3 Å². The third kappa shape index (κ3) is 10.3. The monoisotopic (exact) mass is 795 g/mol. The number of aliphatic hydroxyl groups is 1. The molecule has 3 heterocycles. The van der Waals surface area contributed by atoms with E-state index >= 15 is 0 Å². The SMILES string of the molecule is CC[C@H]1OC(=O)[C@H](C)[C@@H](OC(=O)Nc2ccccc2F)[C@H](C)[C@@H](O[C@@H]2O[C@H](C)C[C@H](N(C)C)[C@H]2OC(C)=O)[C@](C)(O)C[C@@H](C)CN(C)[C@H](C)[C@H]2OC(=O)O[C@@]21C. The highest BCUT2D eigenvalue weighted by Gasteiger charge is 2.58. The van der Waals surface area contributed by atoms with Crippen LogP contribution in [0.25, 0.3) is 0 Å². The predicted molar refractivity (Wildman–Crippen MR) is 202 cm³/mol. The average molecular weight is 796 g/mol. The Bertz CT molecular complexity index is 1550. The third-order valence-electron chi connectivity index (χ3n) is 11.5. The molecule has 0 aromatic heterocycles. The topological polar surface area (TPSA) is 172 Å². The van der Waals surface area contributed by atoms with E-state index < -0.39 is 95.9 Å². The Balaban J connectivity index is 1.84. The van der Waals surface area contributed by atoms with Gasteiger partial charge in [0.1, 0.15) is 18.0 Å². The van der Waals surface area contributed by atoms with Crippen LogP contribution in [-0.2, 0) is 42.7 Å². The molecule has 0 aliphatic carbocycles. The number of esters is 2.